The number of aryl methyl sites for hydroxylation is 1. The number of hydrogen-bond acceptors (Lipinski definition) is 3. The monoisotopic (exact) mass is 460 g/mol. The Bertz CT molecular complexity index is 811. The molecule has 2 rings (SSSR count). The van der Waals surface area contributed by atoms with Gasteiger partial charge in [-0.05, 0) is 56.0 Å². The summed E-state index contributed by atoms with van der Waals surface area (Å²) in [5.41, 5.74) is 2.15. The van der Waals surface area contributed by atoms with Crippen molar-refractivity contribution in [3.8, 4) is 5.75 Å². The summed E-state index contributed by atoms with van der Waals surface area (Å²) in [6, 6.07) is 15.0. The molecule has 5 nitrogen and oxygen atoms in total. The first kappa shape index (κ1) is 22.9. The number of benzene rings is 2. The van der Waals surface area contributed by atoms with E-state index in [9.17, 15) is 9.59 Å². The minimum Gasteiger partial charge on any atom is -0.484 e. The van der Waals surface area contributed by atoms with Crippen molar-refractivity contribution in [1.82, 2.24) is 10.2 Å². The third-order valence-electron chi connectivity index (χ3n) is 4.69. The molecule has 1 N–H and O–H groups in total. The number of nitrogens with zero attached hydrogens (tertiary/aromatic N) is 1. The molecule has 0 aromatic heterocycles. The molecule has 0 spiro atoms. The summed E-state index contributed by atoms with van der Waals surface area (Å²) in [6.07, 6.45) is 1.53. The van der Waals surface area contributed by atoms with E-state index in [1.807, 2.05) is 62.4 Å². The maximum atomic E-state index is 12.9. The number of halogens is 1. The molecule has 0 aliphatic heterocycles. The van der Waals surface area contributed by atoms with Crippen molar-refractivity contribution in [2.24, 2.45) is 0 Å². The summed E-state index contributed by atoms with van der Waals surface area (Å²) in [4.78, 5) is 27.0. The average molecular weight is 461 g/mol. The average Bonchev–Trinajstić information content (AvgIpc) is 2.73. The Balaban J connectivity index is 2.05. The lowest BCUT2D eigenvalue weighted by molar-refractivity contribution is -0.141. The van der Waals surface area contributed by atoms with Gasteiger partial charge in [-0.25, -0.2) is 0 Å². The van der Waals surface area contributed by atoms with Crippen LogP contribution in [0.5, 0.6) is 5.75 Å². The summed E-state index contributed by atoms with van der Waals surface area (Å²) in [5.74, 6) is 0.276. The largest absolute Gasteiger partial charge is 0.484 e. The minimum atomic E-state index is -0.562. The van der Waals surface area contributed by atoms with Gasteiger partial charge in [-0.15, -0.1) is 0 Å². The van der Waals surface area contributed by atoms with Crippen molar-refractivity contribution >= 4 is 27.7 Å². The molecule has 2 aromatic rings. The molecule has 0 aliphatic rings. The zero-order chi connectivity index (χ0) is 21.2. The molecule has 0 bridgehead atoms. The van der Waals surface area contributed by atoms with E-state index in [2.05, 4.69) is 21.2 Å². The van der Waals surface area contributed by atoms with Crippen LogP contribution in [0.4, 0.5) is 0 Å². The van der Waals surface area contributed by atoms with Crippen LogP contribution in [0.25, 0.3) is 0 Å². The van der Waals surface area contributed by atoms with Crippen LogP contribution in [0.15, 0.2) is 53.0 Å². The third-order valence-corrected chi connectivity index (χ3v) is 5.58. The van der Waals surface area contributed by atoms with Gasteiger partial charge in [0, 0.05) is 17.6 Å². The van der Waals surface area contributed by atoms with Gasteiger partial charge < -0.3 is 15.0 Å². The van der Waals surface area contributed by atoms with Gasteiger partial charge in [0.15, 0.2) is 6.61 Å². The van der Waals surface area contributed by atoms with Crippen LogP contribution < -0.4 is 10.1 Å². The van der Waals surface area contributed by atoms with E-state index in [1.165, 1.54) is 0 Å². The molecule has 0 unspecified atom stereocenters. The van der Waals surface area contributed by atoms with Crippen LogP contribution in [0, 0.1) is 6.92 Å². The van der Waals surface area contributed by atoms with Crippen LogP contribution in [0.3, 0.4) is 0 Å². The molecule has 1 atom stereocenters. The molecular weight excluding hydrogens is 432 g/mol. The second-order valence-corrected chi connectivity index (χ2v) is 7.84. The predicted octanol–water partition coefficient (Wildman–Crippen LogP) is 4.12. The van der Waals surface area contributed by atoms with E-state index >= 15 is 0 Å². The number of ether oxygens (including phenoxy) is 1. The maximum absolute atomic E-state index is 12.9. The number of hydrogen-bond donors (Lipinski definition) is 1. The smallest absolute Gasteiger partial charge is 0.261 e. The molecule has 156 valence electrons. The number of nitrogens with one attached hydrogen (secondary N) is 1. The van der Waals surface area contributed by atoms with Crippen LogP contribution in [-0.2, 0) is 16.0 Å². The van der Waals surface area contributed by atoms with E-state index in [0.29, 0.717) is 25.3 Å². The van der Waals surface area contributed by atoms with Gasteiger partial charge in [0.2, 0.25) is 5.91 Å². The van der Waals surface area contributed by atoms with Crippen molar-refractivity contribution in [3.05, 3.63) is 64.1 Å². The standard InChI is InChI=1S/C23H29BrN2O3/c1-4-13-25-23(28)18(3)26(14-12-19-8-6-5-7-9-19)22(27)16-29-20-10-11-21(24)17(2)15-20/h5-11,15,18H,4,12-14,16H2,1-3H3,(H,25,28)/t18-/m1/s1. The Morgan fingerprint density at radius 1 is 1.17 bits per heavy atom. The van der Waals surface area contributed by atoms with E-state index in [4.69, 9.17) is 4.74 Å². The van der Waals surface area contributed by atoms with Gasteiger partial charge in [0.1, 0.15) is 11.8 Å². The van der Waals surface area contributed by atoms with Gasteiger partial charge in [0.25, 0.3) is 5.91 Å². The fourth-order valence-corrected chi connectivity index (χ4v) is 3.15. The molecule has 29 heavy (non-hydrogen) atoms. The minimum absolute atomic E-state index is 0.110. The number of amides is 2. The molecule has 0 saturated carbocycles. The Labute approximate surface area is 181 Å². The highest BCUT2D eigenvalue weighted by molar-refractivity contribution is 9.10. The lowest BCUT2D eigenvalue weighted by Crippen LogP contribution is -2.50. The highest BCUT2D eigenvalue weighted by atomic mass is 79.9. The molecule has 0 radical (unpaired) electrons. The molecule has 0 aliphatic carbocycles. The fraction of sp³-hybridized carbons (Fsp3) is 0.391. The zero-order valence-corrected chi connectivity index (χ0v) is 18.9. The first-order valence-electron chi connectivity index (χ1n) is 9.92. The molecule has 2 amide bonds. The van der Waals surface area contributed by atoms with Crippen molar-refractivity contribution < 1.29 is 14.3 Å². The van der Waals surface area contributed by atoms with Crippen LogP contribution >= 0.6 is 15.9 Å². The lowest BCUT2D eigenvalue weighted by Gasteiger charge is -2.28. The summed E-state index contributed by atoms with van der Waals surface area (Å²) in [6.45, 7) is 6.66. The number of rotatable bonds is 10. The summed E-state index contributed by atoms with van der Waals surface area (Å²) in [7, 11) is 0. The van der Waals surface area contributed by atoms with Crippen LogP contribution in [0.2, 0.25) is 0 Å². The van der Waals surface area contributed by atoms with Gasteiger partial charge in [0.05, 0.1) is 0 Å². The van der Waals surface area contributed by atoms with E-state index in [-0.39, 0.29) is 18.4 Å². The zero-order valence-electron chi connectivity index (χ0n) is 17.3. The van der Waals surface area contributed by atoms with Gasteiger partial charge in [-0.1, -0.05) is 53.2 Å². The van der Waals surface area contributed by atoms with Gasteiger partial charge >= 0.3 is 0 Å². The molecule has 2 aromatic carbocycles. The molecule has 0 heterocycles. The highest BCUT2D eigenvalue weighted by Crippen LogP contribution is 2.21. The van der Waals surface area contributed by atoms with Crippen molar-refractivity contribution in [2.75, 3.05) is 19.7 Å². The van der Waals surface area contributed by atoms with Crippen LogP contribution in [0.1, 0.15) is 31.4 Å². The second-order valence-electron chi connectivity index (χ2n) is 6.99. The number of carbonyl (C=O) groups excluding carboxylic acids is 2. The molecule has 0 saturated heterocycles. The first-order valence-corrected chi connectivity index (χ1v) is 10.7. The molecule has 6 heteroatoms. The summed E-state index contributed by atoms with van der Waals surface area (Å²) in [5, 5.41) is 2.87. The topological polar surface area (TPSA) is 58.6 Å². The summed E-state index contributed by atoms with van der Waals surface area (Å²) >= 11 is 3.46. The Kier molecular flexibility index (Phi) is 9.19. The summed E-state index contributed by atoms with van der Waals surface area (Å²) < 4.78 is 6.69. The first-order chi connectivity index (χ1) is 13.9. The third kappa shape index (κ3) is 7.20. The van der Waals surface area contributed by atoms with Crippen molar-refractivity contribution in [3.63, 3.8) is 0 Å². The lowest BCUT2D eigenvalue weighted by atomic mass is 10.1. The Hall–Kier alpha value is -2.34. The number of carbonyl (C=O) groups is 2. The quantitative estimate of drug-likeness (QED) is 0.579. The normalized spacial score (nSPS) is 11.6. The second kappa shape index (κ2) is 11.6. The van der Waals surface area contributed by atoms with E-state index in [1.54, 1.807) is 11.8 Å². The van der Waals surface area contributed by atoms with Crippen molar-refractivity contribution in [1.29, 1.82) is 0 Å². The SMILES string of the molecule is CCCNC(=O)[C@@H](C)N(CCc1ccccc1)C(=O)COc1ccc(Br)c(C)c1. The Morgan fingerprint density at radius 2 is 1.90 bits per heavy atom. The molecular formula is C23H29BrN2O3. The maximum Gasteiger partial charge on any atom is 0.261 e. The van der Waals surface area contributed by atoms with E-state index < -0.39 is 6.04 Å². The van der Waals surface area contributed by atoms with Crippen molar-refractivity contribution in [2.45, 2.75) is 39.7 Å². The Morgan fingerprint density at radius 3 is 2.55 bits per heavy atom. The van der Waals surface area contributed by atoms with E-state index in [0.717, 1.165) is 22.0 Å². The fourth-order valence-electron chi connectivity index (χ4n) is 2.90. The highest BCUT2D eigenvalue weighted by Gasteiger charge is 2.25. The molecule has 0 fully saturated rings. The van der Waals surface area contributed by atoms with Gasteiger partial charge in [-0.3, -0.25) is 9.59 Å². The van der Waals surface area contributed by atoms with Gasteiger partial charge in [-0.2, -0.15) is 0 Å². The predicted molar refractivity (Wildman–Crippen MR) is 119 cm³/mol. The van der Waals surface area contributed by atoms with Crippen LogP contribution in [-0.4, -0.2) is 42.5 Å².